The first kappa shape index (κ1) is 30.6. The number of benzene rings is 3. The van der Waals surface area contributed by atoms with Gasteiger partial charge in [0.2, 0.25) is 11.8 Å². The van der Waals surface area contributed by atoms with E-state index in [1.54, 1.807) is 42.5 Å². The monoisotopic (exact) mass is 765 g/mol. The van der Waals surface area contributed by atoms with Crippen molar-refractivity contribution in [1.29, 1.82) is 0 Å². The second kappa shape index (κ2) is 11.7. The molecule has 2 aliphatic carbocycles. The number of nitrogens with zero attached hydrogens (tertiary/aromatic N) is 3. The lowest BCUT2D eigenvalue weighted by Crippen LogP contribution is -2.37. The molecule has 3 aliphatic rings. The first-order valence-corrected chi connectivity index (χ1v) is 16.6. The van der Waals surface area contributed by atoms with Gasteiger partial charge in [-0.15, -0.1) is 0 Å². The lowest BCUT2D eigenvalue weighted by atomic mass is 9.81. The number of ketones is 1. The van der Waals surface area contributed by atoms with Crippen molar-refractivity contribution in [2.75, 3.05) is 11.5 Å². The Bertz CT molecular complexity index is 1940. The zero-order chi connectivity index (χ0) is 32.4. The van der Waals surface area contributed by atoms with Crippen LogP contribution in [-0.4, -0.2) is 49.7 Å². The summed E-state index contributed by atoms with van der Waals surface area (Å²) in [5.74, 6) is -2.13. The highest BCUT2D eigenvalue weighted by Gasteiger charge is 2.66. The SMILES string of the molecule is O=C(COC(=O)c1cc(-c2ccc(N3C(=O)C4C5CC(C(Br)C5Br)C4C3=O)cc2)nc2c(Cl)cccc12)c1ccc([N+](=O)[O-])cc1. The van der Waals surface area contributed by atoms with Gasteiger partial charge in [0.05, 0.1) is 44.2 Å². The Labute approximate surface area is 283 Å². The van der Waals surface area contributed by atoms with Gasteiger partial charge in [0, 0.05) is 38.3 Å². The third-order valence-corrected chi connectivity index (χ3v) is 12.7. The van der Waals surface area contributed by atoms with Crippen LogP contribution in [0.15, 0.2) is 72.8 Å². The number of halogens is 3. The Kier molecular flexibility index (Phi) is 7.77. The van der Waals surface area contributed by atoms with Crippen LogP contribution in [-0.2, 0) is 14.3 Å². The fraction of sp³-hybridized carbons (Fsp3) is 0.242. The van der Waals surface area contributed by atoms with Gasteiger partial charge in [-0.05, 0) is 54.7 Å². The Morgan fingerprint density at radius 3 is 2.20 bits per heavy atom. The number of hydrogen-bond donors (Lipinski definition) is 0. The van der Waals surface area contributed by atoms with E-state index < -0.39 is 23.3 Å². The topological polar surface area (TPSA) is 137 Å². The predicted octanol–water partition coefficient (Wildman–Crippen LogP) is 6.79. The number of hydrogen-bond acceptors (Lipinski definition) is 8. The zero-order valence-electron chi connectivity index (χ0n) is 23.6. The van der Waals surface area contributed by atoms with Gasteiger partial charge in [0.15, 0.2) is 12.4 Å². The summed E-state index contributed by atoms with van der Waals surface area (Å²) in [7, 11) is 0. The van der Waals surface area contributed by atoms with Crippen LogP contribution in [0.2, 0.25) is 5.02 Å². The Morgan fingerprint density at radius 2 is 1.59 bits per heavy atom. The molecule has 232 valence electrons. The van der Waals surface area contributed by atoms with Crippen LogP contribution in [0.4, 0.5) is 11.4 Å². The van der Waals surface area contributed by atoms with Gasteiger partial charge in [-0.25, -0.2) is 9.78 Å². The average Bonchev–Trinajstić information content (AvgIpc) is 3.68. The molecule has 6 unspecified atom stereocenters. The number of alkyl halides is 2. The minimum absolute atomic E-state index is 0.106. The van der Waals surface area contributed by atoms with E-state index in [4.69, 9.17) is 16.3 Å². The summed E-state index contributed by atoms with van der Waals surface area (Å²) in [5.41, 5.74) is 1.93. The Morgan fingerprint density at radius 1 is 0.957 bits per heavy atom. The van der Waals surface area contributed by atoms with Crippen LogP contribution >= 0.6 is 43.5 Å². The van der Waals surface area contributed by atoms with Crippen molar-refractivity contribution < 1.29 is 28.8 Å². The molecule has 3 aromatic carbocycles. The van der Waals surface area contributed by atoms with Crippen LogP contribution in [0, 0.1) is 33.8 Å². The molecule has 0 radical (unpaired) electrons. The number of fused-ring (bicyclic) bond motifs is 6. The lowest BCUT2D eigenvalue weighted by Gasteiger charge is -2.28. The standard InChI is InChI=1S/C33H22Br2ClN3O7/c34-28-21-12-22(29(28)35)27-26(21)31(41)38(32(27)42)17-8-4-15(5-9-17)24-13-20(19-2-1-3-23(36)30(19)37-24)33(43)46-14-25(40)16-6-10-18(11-7-16)39(44)45/h1-11,13,21-22,26-29H,12,14H2. The summed E-state index contributed by atoms with van der Waals surface area (Å²) in [4.78, 5) is 69.5. The fourth-order valence-corrected chi connectivity index (χ4v) is 9.07. The second-order valence-electron chi connectivity index (χ2n) is 11.6. The molecule has 6 atom stereocenters. The molecule has 2 heterocycles. The van der Waals surface area contributed by atoms with Gasteiger partial charge in [-0.2, -0.15) is 0 Å². The maximum Gasteiger partial charge on any atom is 0.339 e. The molecule has 1 saturated heterocycles. The van der Waals surface area contributed by atoms with Gasteiger partial charge in [-0.3, -0.25) is 29.4 Å². The summed E-state index contributed by atoms with van der Waals surface area (Å²) in [5, 5.41) is 11.6. The number of imide groups is 1. The van der Waals surface area contributed by atoms with Crippen LogP contribution in [0.3, 0.4) is 0 Å². The number of nitro groups is 1. The molecular formula is C33H22Br2ClN3O7. The minimum atomic E-state index is -0.785. The maximum atomic E-state index is 13.5. The number of non-ortho nitro benzene ring substituents is 1. The molecule has 4 aromatic rings. The van der Waals surface area contributed by atoms with Crippen molar-refractivity contribution in [3.8, 4) is 11.3 Å². The van der Waals surface area contributed by atoms with E-state index in [2.05, 4.69) is 36.8 Å². The highest BCUT2D eigenvalue weighted by atomic mass is 79.9. The summed E-state index contributed by atoms with van der Waals surface area (Å²) >= 11 is 13.9. The summed E-state index contributed by atoms with van der Waals surface area (Å²) in [6.07, 6.45) is 0.845. The van der Waals surface area contributed by atoms with Crippen molar-refractivity contribution in [3.63, 3.8) is 0 Å². The number of ether oxygens (including phenoxy) is 1. The smallest absolute Gasteiger partial charge is 0.339 e. The van der Waals surface area contributed by atoms with E-state index in [0.29, 0.717) is 32.9 Å². The molecule has 3 fully saturated rings. The van der Waals surface area contributed by atoms with Crippen LogP contribution in [0.25, 0.3) is 22.2 Å². The molecular weight excluding hydrogens is 746 g/mol. The number of pyridine rings is 1. The third kappa shape index (κ3) is 4.94. The van der Waals surface area contributed by atoms with Gasteiger partial charge >= 0.3 is 5.97 Å². The molecule has 10 nitrogen and oxygen atoms in total. The minimum Gasteiger partial charge on any atom is -0.454 e. The number of esters is 1. The molecule has 7 rings (SSSR count). The summed E-state index contributed by atoms with van der Waals surface area (Å²) in [6.45, 7) is -0.585. The van der Waals surface area contributed by atoms with Gasteiger partial charge < -0.3 is 4.74 Å². The predicted molar refractivity (Wildman–Crippen MR) is 176 cm³/mol. The normalized spacial score (nSPS) is 24.8. The Balaban J connectivity index is 1.14. The van der Waals surface area contributed by atoms with E-state index >= 15 is 0 Å². The number of carbonyl (C=O) groups excluding carboxylic acids is 4. The number of carbonyl (C=O) groups is 4. The number of Topliss-reactive ketones (excluding diaryl/α,β-unsaturated/α-hetero) is 1. The van der Waals surface area contributed by atoms with Gasteiger partial charge in [-0.1, -0.05) is 67.7 Å². The number of nitro benzene ring substituents is 1. The first-order valence-electron chi connectivity index (χ1n) is 14.4. The van der Waals surface area contributed by atoms with E-state index in [1.165, 1.54) is 35.2 Å². The number of anilines is 1. The molecule has 13 heteroatoms. The quantitative estimate of drug-likeness (QED) is 0.0501. The number of aromatic nitrogens is 1. The molecule has 2 bridgehead atoms. The lowest BCUT2D eigenvalue weighted by molar-refractivity contribution is -0.384. The molecule has 1 aromatic heterocycles. The highest BCUT2D eigenvalue weighted by Crippen LogP contribution is 2.60. The largest absolute Gasteiger partial charge is 0.454 e. The van der Waals surface area contributed by atoms with Gasteiger partial charge in [0.1, 0.15) is 0 Å². The maximum absolute atomic E-state index is 13.5. The van der Waals surface area contributed by atoms with E-state index in [9.17, 15) is 29.3 Å². The van der Waals surface area contributed by atoms with Crippen molar-refractivity contribution in [2.45, 2.75) is 16.1 Å². The van der Waals surface area contributed by atoms with E-state index in [1.807, 2.05) is 0 Å². The van der Waals surface area contributed by atoms with Crippen LogP contribution < -0.4 is 4.90 Å². The number of para-hydroxylation sites is 1. The van der Waals surface area contributed by atoms with E-state index in [-0.39, 0.29) is 62.0 Å². The molecule has 1 aliphatic heterocycles. The summed E-state index contributed by atoms with van der Waals surface area (Å²) < 4.78 is 5.36. The Hall–Kier alpha value is -4.00. The molecule has 0 spiro atoms. The third-order valence-electron chi connectivity index (χ3n) is 9.15. The zero-order valence-corrected chi connectivity index (χ0v) is 27.6. The van der Waals surface area contributed by atoms with E-state index in [0.717, 1.165) is 6.42 Å². The van der Waals surface area contributed by atoms with Crippen molar-refractivity contribution in [2.24, 2.45) is 23.7 Å². The molecule has 2 amide bonds. The first-order chi connectivity index (χ1) is 22.0. The van der Waals surface area contributed by atoms with Crippen molar-refractivity contribution >= 4 is 89.3 Å². The average molecular weight is 768 g/mol. The number of rotatable bonds is 7. The van der Waals surface area contributed by atoms with Crippen LogP contribution in [0.1, 0.15) is 27.1 Å². The molecule has 2 saturated carbocycles. The number of amides is 2. The van der Waals surface area contributed by atoms with Crippen LogP contribution in [0.5, 0.6) is 0 Å². The van der Waals surface area contributed by atoms with Crippen molar-refractivity contribution in [1.82, 2.24) is 4.98 Å². The summed E-state index contributed by atoms with van der Waals surface area (Å²) in [6, 6.07) is 18.3. The highest BCUT2D eigenvalue weighted by molar-refractivity contribution is 9.12. The molecule has 46 heavy (non-hydrogen) atoms. The van der Waals surface area contributed by atoms with Crippen molar-refractivity contribution in [3.05, 3.63) is 99.1 Å². The fourth-order valence-electron chi connectivity index (χ4n) is 6.98. The molecule has 0 N–H and O–H groups in total. The van der Waals surface area contributed by atoms with Gasteiger partial charge in [0.25, 0.3) is 5.69 Å². The second-order valence-corrected chi connectivity index (χ2v) is 14.1.